The van der Waals surface area contributed by atoms with Crippen LogP contribution in [0.5, 0.6) is 0 Å². The summed E-state index contributed by atoms with van der Waals surface area (Å²) in [7, 11) is -2.79. The van der Waals surface area contributed by atoms with Crippen molar-refractivity contribution in [2.24, 2.45) is 0 Å². The Labute approximate surface area is 110 Å². The summed E-state index contributed by atoms with van der Waals surface area (Å²) < 4.78 is 22.8. The maximum absolute atomic E-state index is 11.4. The van der Waals surface area contributed by atoms with Gasteiger partial charge in [0.2, 0.25) is 0 Å². The van der Waals surface area contributed by atoms with E-state index in [0.717, 1.165) is 13.0 Å². The average Bonchev–Trinajstić information content (AvgIpc) is 2.68. The zero-order valence-corrected chi connectivity index (χ0v) is 11.8. The molecule has 1 aromatic carbocycles. The van der Waals surface area contributed by atoms with Crippen LogP contribution in [0, 0.1) is 0 Å². The molecule has 0 saturated carbocycles. The van der Waals surface area contributed by atoms with Gasteiger partial charge in [-0.15, -0.1) is 0 Å². The fraction of sp³-hybridized carbons (Fsp3) is 0.571. The maximum atomic E-state index is 11.4. The highest BCUT2D eigenvalue weighted by Crippen LogP contribution is 2.22. The molecule has 1 aromatic rings. The fourth-order valence-electron chi connectivity index (χ4n) is 2.35. The highest BCUT2D eigenvalue weighted by atomic mass is 32.2. The van der Waals surface area contributed by atoms with Crippen molar-refractivity contribution in [1.29, 1.82) is 0 Å². The van der Waals surface area contributed by atoms with Crippen LogP contribution in [0.1, 0.15) is 25.8 Å². The van der Waals surface area contributed by atoms with Gasteiger partial charge in [0.1, 0.15) is 0 Å². The fourth-order valence-corrected chi connectivity index (χ4v) is 4.05. The van der Waals surface area contributed by atoms with Gasteiger partial charge in [-0.05, 0) is 12.0 Å². The summed E-state index contributed by atoms with van der Waals surface area (Å²) in [6.07, 6.45) is 0.743. The molecule has 1 unspecified atom stereocenters. The molecule has 2 rings (SSSR count). The van der Waals surface area contributed by atoms with Crippen LogP contribution >= 0.6 is 0 Å². The molecule has 18 heavy (non-hydrogen) atoms. The van der Waals surface area contributed by atoms with Crippen molar-refractivity contribution in [1.82, 2.24) is 5.32 Å². The molecule has 1 aliphatic rings. The van der Waals surface area contributed by atoms with Gasteiger partial charge in [0.05, 0.1) is 11.5 Å². The van der Waals surface area contributed by atoms with E-state index in [1.807, 2.05) is 18.2 Å². The summed E-state index contributed by atoms with van der Waals surface area (Å²) in [6.45, 7) is 5.16. The molecule has 100 valence electrons. The number of rotatable bonds is 4. The molecule has 0 aliphatic carbocycles. The first-order valence-corrected chi connectivity index (χ1v) is 8.21. The Hall–Kier alpha value is -0.870. The second kappa shape index (κ2) is 5.02. The molecule has 0 radical (unpaired) electrons. The van der Waals surface area contributed by atoms with E-state index in [2.05, 4.69) is 31.3 Å². The van der Waals surface area contributed by atoms with Gasteiger partial charge in [-0.25, -0.2) is 8.42 Å². The molecule has 3 nitrogen and oxygen atoms in total. The third-order valence-electron chi connectivity index (χ3n) is 3.62. The lowest BCUT2D eigenvalue weighted by molar-refractivity contribution is 0.432. The van der Waals surface area contributed by atoms with Gasteiger partial charge in [0.15, 0.2) is 9.84 Å². The molecule has 0 aromatic heterocycles. The lowest BCUT2D eigenvalue weighted by Crippen LogP contribution is -2.39. The lowest BCUT2D eigenvalue weighted by Gasteiger charge is -2.27. The lowest BCUT2D eigenvalue weighted by atomic mass is 9.84. The Morgan fingerprint density at radius 2 is 1.94 bits per heavy atom. The highest BCUT2D eigenvalue weighted by Gasteiger charge is 2.29. The van der Waals surface area contributed by atoms with E-state index in [-0.39, 0.29) is 17.2 Å². The van der Waals surface area contributed by atoms with Gasteiger partial charge in [-0.3, -0.25) is 0 Å². The Kier molecular flexibility index (Phi) is 3.78. The zero-order chi connectivity index (χ0) is 13.2. The van der Waals surface area contributed by atoms with Gasteiger partial charge in [0.25, 0.3) is 0 Å². The predicted octanol–water partition coefficient (Wildman–Crippen LogP) is 1.74. The minimum absolute atomic E-state index is 0.0214. The number of hydrogen-bond acceptors (Lipinski definition) is 3. The third-order valence-corrected chi connectivity index (χ3v) is 5.39. The van der Waals surface area contributed by atoms with Gasteiger partial charge in [0, 0.05) is 18.0 Å². The molecule has 1 atom stereocenters. The number of benzene rings is 1. The van der Waals surface area contributed by atoms with E-state index < -0.39 is 9.84 Å². The monoisotopic (exact) mass is 267 g/mol. The highest BCUT2D eigenvalue weighted by molar-refractivity contribution is 7.91. The second-order valence-corrected chi connectivity index (χ2v) is 7.96. The summed E-state index contributed by atoms with van der Waals surface area (Å²) >= 11 is 0. The second-order valence-electron chi connectivity index (χ2n) is 5.73. The van der Waals surface area contributed by atoms with E-state index in [1.54, 1.807) is 0 Å². The molecule has 1 saturated heterocycles. The topological polar surface area (TPSA) is 46.2 Å². The average molecular weight is 267 g/mol. The molecule has 1 aliphatic heterocycles. The Balaban J connectivity index is 1.94. The largest absolute Gasteiger partial charge is 0.312 e. The van der Waals surface area contributed by atoms with Crippen LogP contribution in [0.2, 0.25) is 0 Å². The van der Waals surface area contributed by atoms with Gasteiger partial charge < -0.3 is 5.32 Å². The normalized spacial score (nSPS) is 23.1. The number of sulfone groups is 1. The van der Waals surface area contributed by atoms with Crippen molar-refractivity contribution in [3.8, 4) is 0 Å². The summed E-state index contributed by atoms with van der Waals surface area (Å²) in [4.78, 5) is 0. The summed E-state index contributed by atoms with van der Waals surface area (Å²) in [5, 5.41) is 3.40. The zero-order valence-electron chi connectivity index (χ0n) is 11.0. The van der Waals surface area contributed by atoms with Crippen molar-refractivity contribution in [2.45, 2.75) is 31.7 Å². The van der Waals surface area contributed by atoms with Crippen LogP contribution in [-0.2, 0) is 15.3 Å². The minimum atomic E-state index is -2.79. The van der Waals surface area contributed by atoms with Crippen LogP contribution in [0.4, 0.5) is 0 Å². The summed E-state index contributed by atoms with van der Waals surface area (Å²) in [5.74, 6) is 0.619. The van der Waals surface area contributed by atoms with Gasteiger partial charge in [-0.2, -0.15) is 0 Å². The van der Waals surface area contributed by atoms with E-state index >= 15 is 0 Å². The van der Waals surface area contributed by atoms with Gasteiger partial charge >= 0.3 is 0 Å². The summed E-state index contributed by atoms with van der Waals surface area (Å²) in [6, 6.07) is 10.4. The van der Waals surface area contributed by atoms with Crippen LogP contribution in [-0.4, -0.2) is 32.5 Å². The first kappa shape index (κ1) is 13.6. The minimum Gasteiger partial charge on any atom is -0.312 e. The van der Waals surface area contributed by atoms with E-state index in [4.69, 9.17) is 0 Å². The molecule has 1 heterocycles. The SMILES string of the molecule is CC(C)(CNC1CCS(=O)(=O)C1)c1ccccc1. The van der Waals surface area contributed by atoms with E-state index in [9.17, 15) is 8.42 Å². The quantitative estimate of drug-likeness (QED) is 0.904. The Morgan fingerprint density at radius 1 is 1.28 bits per heavy atom. The molecule has 4 heteroatoms. The standard InChI is InChI=1S/C14H21NO2S/c1-14(2,12-6-4-3-5-7-12)11-15-13-8-9-18(16,17)10-13/h3-7,13,15H,8-11H2,1-2H3. The molecular weight excluding hydrogens is 246 g/mol. The molecule has 0 bridgehead atoms. The first-order chi connectivity index (χ1) is 8.39. The smallest absolute Gasteiger partial charge is 0.151 e. The van der Waals surface area contributed by atoms with E-state index in [1.165, 1.54) is 5.56 Å². The van der Waals surface area contributed by atoms with Crippen LogP contribution in [0.3, 0.4) is 0 Å². The number of nitrogens with one attached hydrogen (secondary N) is 1. The summed E-state index contributed by atoms with van der Waals surface area (Å²) in [5.41, 5.74) is 1.30. The Morgan fingerprint density at radius 3 is 2.50 bits per heavy atom. The van der Waals surface area contributed by atoms with Crippen molar-refractivity contribution in [3.05, 3.63) is 35.9 Å². The molecular formula is C14H21NO2S. The molecule has 0 amide bonds. The maximum Gasteiger partial charge on any atom is 0.151 e. The predicted molar refractivity (Wildman–Crippen MR) is 74.5 cm³/mol. The van der Waals surface area contributed by atoms with Crippen LogP contribution < -0.4 is 5.32 Å². The van der Waals surface area contributed by atoms with Crippen LogP contribution in [0.15, 0.2) is 30.3 Å². The van der Waals surface area contributed by atoms with Crippen molar-refractivity contribution in [2.75, 3.05) is 18.1 Å². The molecule has 1 N–H and O–H groups in total. The number of hydrogen-bond donors (Lipinski definition) is 1. The molecule has 1 fully saturated rings. The third kappa shape index (κ3) is 3.33. The van der Waals surface area contributed by atoms with Gasteiger partial charge in [-0.1, -0.05) is 44.2 Å². The molecule has 0 spiro atoms. The van der Waals surface area contributed by atoms with Crippen molar-refractivity contribution < 1.29 is 8.42 Å². The first-order valence-electron chi connectivity index (χ1n) is 6.38. The van der Waals surface area contributed by atoms with Crippen LogP contribution in [0.25, 0.3) is 0 Å². The van der Waals surface area contributed by atoms with Crippen molar-refractivity contribution >= 4 is 9.84 Å². The Bertz CT molecular complexity index is 494. The van der Waals surface area contributed by atoms with E-state index in [0.29, 0.717) is 5.75 Å². The van der Waals surface area contributed by atoms with Crippen molar-refractivity contribution in [3.63, 3.8) is 0 Å².